The van der Waals surface area contributed by atoms with Gasteiger partial charge < -0.3 is 15.6 Å². The van der Waals surface area contributed by atoms with E-state index in [0.29, 0.717) is 18.7 Å². The topological polar surface area (TPSA) is 109 Å². The Morgan fingerprint density at radius 3 is 2.94 bits per heavy atom. The Morgan fingerprint density at radius 1 is 1.56 bits per heavy atom. The number of aromatic amines is 1. The molecule has 1 aliphatic rings. The van der Waals surface area contributed by atoms with Crippen LogP contribution in [0.3, 0.4) is 0 Å². The van der Waals surface area contributed by atoms with Crippen LogP contribution in [0, 0.1) is 0 Å². The lowest BCUT2D eigenvalue weighted by atomic mass is 10.2. The van der Waals surface area contributed by atoms with Crippen LogP contribution in [0.25, 0.3) is 0 Å². The van der Waals surface area contributed by atoms with Crippen molar-refractivity contribution in [2.45, 2.75) is 25.3 Å². The summed E-state index contributed by atoms with van der Waals surface area (Å²) in [5.41, 5.74) is 5.39. The maximum Gasteiger partial charge on any atom is 0.266 e. The van der Waals surface area contributed by atoms with Crippen LogP contribution in [0.1, 0.15) is 18.5 Å². The number of hydrogen-bond donors (Lipinski definition) is 2. The van der Waals surface area contributed by atoms with E-state index in [-0.39, 0.29) is 17.9 Å². The summed E-state index contributed by atoms with van der Waals surface area (Å²) in [4.78, 5) is 41.8. The SMILES string of the molecule is NC(=O)C1CCCN1C(=O)Cc1c[nH]c(=O)cn1. The highest BCUT2D eigenvalue weighted by atomic mass is 16.2. The third kappa shape index (κ3) is 2.55. The van der Waals surface area contributed by atoms with Crippen molar-refractivity contribution < 1.29 is 9.59 Å². The number of primary amides is 1. The van der Waals surface area contributed by atoms with Crippen molar-refractivity contribution in [1.29, 1.82) is 0 Å². The van der Waals surface area contributed by atoms with Crippen molar-refractivity contribution in [3.05, 3.63) is 28.4 Å². The molecule has 0 bridgehead atoms. The largest absolute Gasteiger partial charge is 0.368 e. The Hall–Kier alpha value is -2.18. The molecule has 2 rings (SSSR count). The molecule has 0 radical (unpaired) electrons. The number of hydrogen-bond acceptors (Lipinski definition) is 4. The average Bonchev–Trinajstić information content (AvgIpc) is 2.81. The van der Waals surface area contributed by atoms with Crippen LogP contribution in [-0.4, -0.2) is 39.3 Å². The van der Waals surface area contributed by atoms with Gasteiger partial charge in [-0.3, -0.25) is 19.4 Å². The molecule has 96 valence electrons. The summed E-state index contributed by atoms with van der Waals surface area (Å²) < 4.78 is 0. The minimum atomic E-state index is -0.514. The van der Waals surface area contributed by atoms with Gasteiger partial charge in [-0.25, -0.2) is 0 Å². The minimum Gasteiger partial charge on any atom is -0.368 e. The molecule has 0 spiro atoms. The van der Waals surface area contributed by atoms with Crippen molar-refractivity contribution in [2.24, 2.45) is 5.73 Å². The van der Waals surface area contributed by atoms with Crippen molar-refractivity contribution in [3.8, 4) is 0 Å². The fourth-order valence-electron chi connectivity index (χ4n) is 2.08. The van der Waals surface area contributed by atoms with Crippen LogP contribution in [0.2, 0.25) is 0 Å². The molecule has 2 amide bonds. The van der Waals surface area contributed by atoms with Crippen molar-refractivity contribution >= 4 is 11.8 Å². The van der Waals surface area contributed by atoms with E-state index < -0.39 is 11.9 Å². The number of carbonyl (C=O) groups excluding carboxylic acids is 2. The van der Waals surface area contributed by atoms with Gasteiger partial charge in [-0.05, 0) is 12.8 Å². The fraction of sp³-hybridized carbons (Fsp3) is 0.455. The minimum absolute atomic E-state index is 0.0561. The molecule has 1 aromatic heterocycles. The highest BCUT2D eigenvalue weighted by Gasteiger charge is 2.32. The van der Waals surface area contributed by atoms with E-state index in [0.717, 1.165) is 12.6 Å². The predicted molar refractivity (Wildman–Crippen MR) is 62.5 cm³/mol. The zero-order valence-corrected chi connectivity index (χ0v) is 9.76. The maximum absolute atomic E-state index is 12.0. The van der Waals surface area contributed by atoms with Gasteiger partial charge in [0.1, 0.15) is 6.04 Å². The van der Waals surface area contributed by atoms with Crippen molar-refractivity contribution in [1.82, 2.24) is 14.9 Å². The van der Waals surface area contributed by atoms with Crippen LogP contribution in [-0.2, 0) is 16.0 Å². The standard InChI is InChI=1S/C11H14N4O3/c12-11(18)8-2-1-3-15(8)10(17)4-7-5-14-9(16)6-13-7/h5-6,8H,1-4H2,(H2,12,18)(H,14,16). The zero-order valence-electron chi connectivity index (χ0n) is 9.76. The first kappa shape index (κ1) is 12.3. The summed E-state index contributed by atoms with van der Waals surface area (Å²) in [5.74, 6) is -0.675. The van der Waals surface area contributed by atoms with Gasteiger partial charge >= 0.3 is 0 Å². The number of nitrogens with two attached hydrogens (primary N) is 1. The maximum atomic E-state index is 12.0. The van der Waals surface area contributed by atoms with Crippen LogP contribution in [0.15, 0.2) is 17.2 Å². The molecule has 1 saturated heterocycles. The fourth-order valence-corrected chi connectivity index (χ4v) is 2.08. The molecule has 2 heterocycles. The first-order chi connectivity index (χ1) is 8.58. The van der Waals surface area contributed by atoms with Gasteiger partial charge in [-0.2, -0.15) is 0 Å². The second-order valence-electron chi connectivity index (χ2n) is 4.23. The lowest BCUT2D eigenvalue weighted by Gasteiger charge is -2.21. The van der Waals surface area contributed by atoms with Crippen LogP contribution in [0.4, 0.5) is 0 Å². The van der Waals surface area contributed by atoms with E-state index in [1.807, 2.05) is 0 Å². The van der Waals surface area contributed by atoms with Crippen LogP contribution in [0.5, 0.6) is 0 Å². The van der Waals surface area contributed by atoms with E-state index in [1.54, 1.807) is 0 Å². The number of aromatic nitrogens is 2. The van der Waals surface area contributed by atoms with Gasteiger partial charge in [0.15, 0.2) is 0 Å². The quantitative estimate of drug-likeness (QED) is 0.701. The van der Waals surface area contributed by atoms with E-state index in [2.05, 4.69) is 9.97 Å². The number of amides is 2. The van der Waals surface area contributed by atoms with E-state index in [9.17, 15) is 14.4 Å². The molecule has 3 N–H and O–H groups in total. The lowest BCUT2D eigenvalue weighted by molar-refractivity contribution is -0.136. The molecule has 1 unspecified atom stereocenters. The number of nitrogens with zero attached hydrogens (tertiary/aromatic N) is 2. The molecule has 18 heavy (non-hydrogen) atoms. The molecular formula is C11H14N4O3. The van der Waals surface area contributed by atoms with Crippen LogP contribution < -0.4 is 11.3 Å². The van der Waals surface area contributed by atoms with Gasteiger partial charge in [0.2, 0.25) is 11.8 Å². The van der Waals surface area contributed by atoms with Crippen LogP contribution >= 0.6 is 0 Å². The molecule has 7 heteroatoms. The first-order valence-corrected chi connectivity index (χ1v) is 5.70. The summed E-state index contributed by atoms with van der Waals surface area (Å²) >= 11 is 0. The second-order valence-corrected chi connectivity index (χ2v) is 4.23. The summed E-state index contributed by atoms with van der Waals surface area (Å²) in [5, 5.41) is 0. The molecule has 0 aromatic carbocycles. The third-order valence-electron chi connectivity index (χ3n) is 2.96. The Labute approximate surface area is 103 Å². The Bertz CT molecular complexity index is 505. The lowest BCUT2D eigenvalue weighted by Crippen LogP contribution is -2.44. The number of rotatable bonds is 3. The molecule has 1 fully saturated rings. The van der Waals surface area contributed by atoms with Gasteiger partial charge in [0.25, 0.3) is 5.56 Å². The number of nitrogens with one attached hydrogen (secondary N) is 1. The molecular weight excluding hydrogens is 236 g/mol. The van der Waals surface area contributed by atoms with E-state index >= 15 is 0 Å². The number of carbonyl (C=O) groups is 2. The normalized spacial score (nSPS) is 18.9. The third-order valence-corrected chi connectivity index (χ3v) is 2.96. The van der Waals surface area contributed by atoms with Gasteiger partial charge in [0.05, 0.1) is 18.3 Å². The highest BCUT2D eigenvalue weighted by molar-refractivity contribution is 5.87. The summed E-state index contributed by atoms with van der Waals surface area (Å²) in [6, 6.07) is -0.514. The summed E-state index contributed by atoms with van der Waals surface area (Å²) in [6.07, 6.45) is 3.97. The Morgan fingerprint density at radius 2 is 2.33 bits per heavy atom. The molecule has 0 saturated carbocycles. The Balaban J connectivity index is 2.05. The number of H-pyrrole nitrogens is 1. The van der Waals surface area contributed by atoms with Gasteiger partial charge in [-0.15, -0.1) is 0 Å². The molecule has 1 aromatic rings. The van der Waals surface area contributed by atoms with Gasteiger partial charge in [0, 0.05) is 12.7 Å². The summed E-state index contributed by atoms with van der Waals surface area (Å²) in [7, 11) is 0. The van der Waals surface area contributed by atoms with Gasteiger partial charge in [-0.1, -0.05) is 0 Å². The smallest absolute Gasteiger partial charge is 0.266 e. The first-order valence-electron chi connectivity index (χ1n) is 5.70. The monoisotopic (exact) mass is 250 g/mol. The van der Waals surface area contributed by atoms with Crippen molar-refractivity contribution in [3.63, 3.8) is 0 Å². The Kier molecular flexibility index (Phi) is 3.40. The predicted octanol–water partition coefficient (Wildman–Crippen LogP) is -1.21. The second kappa shape index (κ2) is 4.99. The molecule has 1 atom stereocenters. The number of likely N-dealkylation sites (tertiary alicyclic amines) is 1. The zero-order chi connectivity index (χ0) is 13.1. The molecule has 0 aliphatic carbocycles. The van der Waals surface area contributed by atoms with Crippen molar-refractivity contribution in [2.75, 3.05) is 6.54 Å². The molecule has 1 aliphatic heterocycles. The average molecular weight is 250 g/mol. The summed E-state index contributed by atoms with van der Waals surface area (Å²) in [6.45, 7) is 0.537. The highest BCUT2D eigenvalue weighted by Crippen LogP contribution is 2.17. The van der Waals surface area contributed by atoms with E-state index in [1.165, 1.54) is 11.1 Å². The molecule has 7 nitrogen and oxygen atoms in total. The van der Waals surface area contributed by atoms with E-state index in [4.69, 9.17) is 5.73 Å².